The summed E-state index contributed by atoms with van der Waals surface area (Å²) >= 11 is 0. The van der Waals surface area contributed by atoms with Gasteiger partial charge in [0.1, 0.15) is 5.75 Å². The first kappa shape index (κ1) is 25.0. The summed E-state index contributed by atoms with van der Waals surface area (Å²) in [6, 6.07) is 11.6. The Morgan fingerprint density at radius 1 is 1.10 bits per heavy atom. The molecule has 1 saturated heterocycles. The zero-order chi connectivity index (χ0) is 21.2. The van der Waals surface area contributed by atoms with Crippen LogP contribution in [0, 0.1) is 6.92 Å². The fraction of sp³-hybridized carbons (Fsp3) is 0.478. The highest BCUT2D eigenvalue weighted by Crippen LogP contribution is 2.12. The number of carbonyl (C=O) groups excluding carboxylic acids is 1. The van der Waals surface area contributed by atoms with Crippen LogP contribution in [0.25, 0.3) is 0 Å². The lowest BCUT2D eigenvalue weighted by molar-refractivity contribution is 0.0657. The molecule has 0 spiro atoms. The van der Waals surface area contributed by atoms with Gasteiger partial charge in [-0.2, -0.15) is 0 Å². The summed E-state index contributed by atoms with van der Waals surface area (Å²) in [6.07, 6.45) is 3.46. The average molecular weight is 540 g/mol. The summed E-state index contributed by atoms with van der Waals surface area (Å²) in [5, 5.41) is 3.37. The monoisotopic (exact) mass is 540 g/mol. The van der Waals surface area contributed by atoms with Crippen LogP contribution in [0.2, 0.25) is 0 Å². The highest BCUT2D eigenvalue weighted by atomic mass is 127. The lowest BCUT2D eigenvalue weighted by Crippen LogP contribution is -2.53. The molecule has 0 radical (unpaired) electrons. The molecule has 8 heteroatoms. The Hall–Kier alpha value is -2.23. The van der Waals surface area contributed by atoms with E-state index in [1.165, 1.54) is 11.8 Å². The first-order chi connectivity index (χ1) is 14.7. The van der Waals surface area contributed by atoms with E-state index in [1.807, 2.05) is 17.0 Å². The molecule has 0 atom stereocenters. The summed E-state index contributed by atoms with van der Waals surface area (Å²) in [5.41, 5.74) is 1.24. The number of hydrogen-bond donors (Lipinski definition) is 1. The maximum absolute atomic E-state index is 12.4. The van der Waals surface area contributed by atoms with Crippen molar-refractivity contribution in [2.24, 2.45) is 4.99 Å². The zero-order valence-corrected chi connectivity index (χ0v) is 20.7. The molecule has 0 saturated carbocycles. The third kappa shape index (κ3) is 7.75. The Balaban J connectivity index is 0.00000341. The lowest BCUT2D eigenvalue weighted by atomic mass is 10.2. The van der Waals surface area contributed by atoms with E-state index < -0.39 is 0 Å². The van der Waals surface area contributed by atoms with Gasteiger partial charge in [0, 0.05) is 39.3 Å². The molecule has 7 nitrogen and oxygen atoms in total. The van der Waals surface area contributed by atoms with Crippen molar-refractivity contribution in [1.29, 1.82) is 0 Å². The predicted molar refractivity (Wildman–Crippen MR) is 133 cm³/mol. The summed E-state index contributed by atoms with van der Waals surface area (Å²) in [5.74, 6) is 2.19. The SMILES string of the molecule is CCNC(=NCCCCOc1ccc(C)cc1)N1CCN(C(=O)c2ccco2)CC1.I. The number of ether oxygens (including phenoxy) is 1. The molecule has 2 heterocycles. The number of benzene rings is 1. The van der Waals surface area contributed by atoms with Gasteiger partial charge in [-0.25, -0.2) is 0 Å². The summed E-state index contributed by atoms with van der Waals surface area (Å²) in [4.78, 5) is 21.2. The third-order valence-electron chi connectivity index (χ3n) is 5.04. The zero-order valence-electron chi connectivity index (χ0n) is 18.4. The predicted octanol–water partition coefficient (Wildman–Crippen LogP) is 3.79. The molecule has 3 rings (SSSR count). The number of halogens is 1. The minimum absolute atomic E-state index is 0. The first-order valence-electron chi connectivity index (χ1n) is 10.7. The van der Waals surface area contributed by atoms with Gasteiger partial charge < -0.3 is 24.3 Å². The molecule has 1 N–H and O–H groups in total. The maximum atomic E-state index is 12.4. The second-order valence-electron chi connectivity index (χ2n) is 7.36. The number of hydrogen-bond acceptors (Lipinski definition) is 4. The van der Waals surface area contributed by atoms with Gasteiger partial charge in [-0.15, -0.1) is 24.0 Å². The number of amides is 1. The van der Waals surface area contributed by atoms with Gasteiger partial charge in [-0.3, -0.25) is 9.79 Å². The Kier molecular flexibility index (Phi) is 10.7. The Bertz CT molecular complexity index is 801. The van der Waals surface area contributed by atoms with E-state index in [0.717, 1.165) is 50.7 Å². The number of nitrogens with zero attached hydrogens (tertiary/aromatic N) is 3. The smallest absolute Gasteiger partial charge is 0.289 e. The van der Waals surface area contributed by atoms with Crippen molar-refractivity contribution in [1.82, 2.24) is 15.1 Å². The van der Waals surface area contributed by atoms with Crippen LogP contribution in [-0.4, -0.2) is 67.5 Å². The van der Waals surface area contributed by atoms with Crippen LogP contribution in [-0.2, 0) is 0 Å². The van der Waals surface area contributed by atoms with E-state index in [1.54, 1.807) is 12.1 Å². The number of aliphatic imine (C=N–C) groups is 1. The Morgan fingerprint density at radius 3 is 2.45 bits per heavy atom. The fourth-order valence-corrected chi connectivity index (χ4v) is 3.33. The van der Waals surface area contributed by atoms with Gasteiger partial charge in [-0.05, 0) is 51.0 Å². The quantitative estimate of drug-likeness (QED) is 0.239. The van der Waals surface area contributed by atoms with Crippen molar-refractivity contribution >= 4 is 35.8 Å². The van der Waals surface area contributed by atoms with Crippen molar-refractivity contribution < 1.29 is 13.9 Å². The molecule has 0 unspecified atom stereocenters. The van der Waals surface area contributed by atoms with Crippen molar-refractivity contribution in [3.8, 4) is 5.75 Å². The molecule has 2 aromatic rings. The number of guanidine groups is 1. The fourth-order valence-electron chi connectivity index (χ4n) is 3.33. The van der Waals surface area contributed by atoms with Crippen LogP contribution < -0.4 is 10.1 Å². The van der Waals surface area contributed by atoms with Crippen molar-refractivity contribution in [3.05, 3.63) is 54.0 Å². The maximum Gasteiger partial charge on any atom is 0.289 e. The molecule has 170 valence electrons. The van der Waals surface area contributed by atoms with E-state index in [-0.39, 0.29) is 29.9 Å². The summed E-state index contributed by atoms with van der Waals surface area (Å²) in [6.45, 7) is 9.25. The van der Waals surface area contributed by atoms with Gasteiger partial charge in [0.25, 0.3) is 5.91 Å². The Morgan fingerprint density at radius 2 is 1.81 bits per heavy atom. The van der Waals surface area contributed by atoms with E-state index >= 15 is 0 Å². The standard InChI is InChI=1S/C23H32N4O3.HI/c1-3-24-23(25-12-4-5-17-29-20-10-8-19(2)9-11-20)27-15-13-26(14-16-27)22(28)21-7-6-18-30-21;/h6-11,18H,3-5,12-17H2,1-2H3,(H,24,25);1H. The van der Waals surface area contributed by atoms with Crippen molar-refractivity contribution in [3.63, 3.8) is 0 Å². The van der Waals surface area contributed by atoms with Gasteiger partial charge >= 0.3 is 0 Å². The van der Waals surface area contributed by atoms with Gasteiger partial charge in [0.15, 0.2) is 11.7 Å². The van der Waals surface area contributed by atoms with Gasteiger partial charge in [0.2, 0.25) is 0 Å². The normalized spacial score (nSPS) is 14.2. The van der Waals surface area contributed by atoms with E-state index in [4.69, 9.17) is 14.1 Å². The lowest BCUT2D eigenvalue weighted by Gasteiger charge is -2.36. The van der Waals surface area contributed by atoms with Crippen LogP contribution in [0.5, 0.6) is 5.75 Å². The first-order valence-corrected chi connectivity index (χ1v) is 10.7. The Labute approximate surface area is 201 Å². The van der Waals surface area contributed by atoms with Crippen LogP contribution in [0.4, 0.5) is 0 Å². The summed E-state index contributed by atoms with van der Waals surface area (Å²) < 4.78 is 11.0. The number of piperazine rings is 1. The molecule has 1 aliphatic heterocycles. The minimum atomic E-state index is -0.0461. The molecular weight excluding hydrogens is 507 g/mol. The third-order valence-corrected chi connectivity index (χ3v) is 5.04. The molecule has 1 aromatic carbocycles. The number of nitrogens with one attached hydrogen (secondary N) is 1. The topological polar surface area (TPSA) is 70.3 Å². The number of aryl methyl sites for hydroxylation is 1. The molecule has 1 aliphatic rings. The molecule has 0 aliphatic carbocycles. The molecule has 1 fully saturated rings. The van der Waals surface area contributed by atoms with Crippen LogP contribution in [0.3, 0.4) is 0 Å². The molecule has 0 bridgehead atoms. The largest absolute Gasteiger partial charge is 0.494 e. The van der Waals surface area contributed by atoms with Crippen LogP contribution in [0.1, 0.15) is 35.9 Å². The number of furan rings is 1. The van der Waals surface area contributed by atoms with Crippen LogP contribution >= 0.6 is 24.0 Å². The molecule has 1 amide bonds. The minimum Gasteiger partial charge on any atom is -0.494 e. The van der Waals surface area contributed by atoms with Gasteiger partial charge in [0.05, 0.1) is 12.9 Å². The number of unbranched alkanes of at least 4 members (excludes halogenated alkanes) is 1. The van der Waals surface area contributed by atoms with E-state index in [0.29, 0.717) is 25.5 Å². The van der Waals surface area contributed by atoms with Crippen molar-refractivity contribution in [2.75, 3.05) is 45.9 Å². The summed E-state index contributed by atoms with van der Waals surface area (Å²) in [7, 11) is 0. The number of rotatable bonds is 8. The van der Waals surface area contributed by atoms with Crippen molar-refractivity contribution in [2.45, 2.75) is 26.7 Å². The molecular formula is C23H33IN4O3. The van der Waals surface area contributed by atoms with E-state index in [2.05, 4.69) is 36.2 Å². The van der Waals surface area contributed by atoms with E-state index in [9.17, 15) is 4.79 Å². The second-order valence-corrected chi connectivity index (χ2v) is 7.36. The number of carbonyl (C=O) groups is 1. The molecule has 1 aromatic heterocycles. The van der Waals surface area contributed by atoms with Gasteiger partial charge in [-0.1, -0.05) is 17.7 Å². The highest BCUT2D eigenvalue weighted by Gasteiger charge is 2.25. The van der Waals surface area contributed by atoms with Crippen LogP contribution in [0.15, 0.2) is 52.1 Å². The highest BCUT2D eigenvalue weighted by molar-refractivity contribution is 14.0. The second kappa shape index (κ2) is 13.2. The average Bonchev–Trinajstić information content (AvgIpc) is 3.31. The molecule has 31 heavy (non-hydrogen) atoms.